The molecule has 0 saturated carbocycles. The summed E-state index contributed by atoms with van der Waals surface area (Å²) in [6.45, 7) is -0.0760. The number of carboxylic acids is 1. The standard InChI is InChI=1S/C15H16N2O4S/c1-21-8-12(15(19)20)17-13(18)7-11-9-22-14(16-11)10-5-3-2-4-6-10/h2-6,9,12H,7-8H2,1H3,(H,17,18)(H,19,20). The van der Waals surface area contributed by atoms with Gasteiger partial charge >= 0.3 is 5.97 Å². The molecule has 0 aliphatic carbocycles. The van der Waals surface area contributed by atoms with E-state index < -0.39 is 17.9 Å². The fourth-order valence-electron chi connectivity index (χ4n) is 1.85. The topological polar surface area (TPSA) is 88.5 Å². The van der Waals surface area contributed by atoms with Gasteiger partial charge in [0.05, 0.1) is 18.7 Å². The molecule has 7 heteroatoms. The van der Waals surface area contributed by atoms with Crippen LogP contribution >= 0.6 is 11.3 Å². The van der Waals surface area contributed by atoms with Gasteiger partial charge in [-0.3, -0.25) is 4.79 Å². The SMILES string of the molecule is COCC(NC(=O)Cc1csc(-c2ccccc2)n1)C(=O)O. The van der Waals surface area contributed by atoms with Crippen LogP contribution in [0.15, 0.2) is 35.7 Å². The van der Waals surface area contributed by atoms with E-state index in [0.29, 0.717) is 5.69 Å². The highest BCUT2D eigenvalue weighted by atomic mass is 32.1. The number of aliphatic carboxylic acids is 1. The second-order valence-corrected chi connectivity index (χ2v) is 5.46. The average molecular weight is 320 g/mol. The van der Waals surface area contributed by atoms with Crippen molar-refractivity contribution >= 4 is 23.2 Å². The van der Waals surface area contributed by atoms with E-state index >= 15 is 0 Å². The molecule has 0 aliphatic rings. The van der Waals surface area contributed by atoms with Gasteiger partial charge in [0.25, 0.3) is 0 Å². The summed E-state index contributed by atoms with van der Waals surface area (Å²) >= 11 is 1.45. The third-order valence-corrected chi connectivity index (χ3v) is 3.82. The molecule has 6 nitrogen and oxygen atoms in total. The molecule has 22 heavy (non-hydrogen) atoms. The van der Waals surface area contributed by atoms with Crippen LogP contribution in [0.2, 0.25) is 0 Å². The number of aromatic nitrogens is 1. The van der Waals surface area contributed by atoms with E-state index in [-0.39, 0.29) is 13.0 Å². The monoisotopic (exact) mass is 320 g/mol. The van der Waals surface area contributed by atoms with Gasteiger partial charge in [-0.15, -0.1) is 11.3 Å². The molecule has 1 heterocycles. The Hall–Kier alpha value is -2.25. The van der Waals surface area contributed by atoms with E-state index in [1.165, 1.54) is 18.4 Å². The second kappa shape index (κ2) is 7.67. The zero-order valence-electron chi connectivity index (χ0n) is 12.0. The minimum Gasteiger partial charge on any atom is -0.480 e. The molecule has 1 unspecified atom stereocenters. The normalized spacial score (nSPS) is 11.9. The zero-order chi connectivity index (χ0) is 15.9. The van der Waals surface area contributed by atoms with E-state index in [1.807, 2.05) is 30.3 Å². The van der Waals surface area contributed by atoms with Crippen LogP contribution < -0.4 is 5.32 Å². The first-order chi connectivity index (χ1) is 10.6. The summed E-state index contributed by atoms with van der Waals surface area (Å²) in [6.07, 6.45) is 0.0385. The van der Waals surface area contributed by atoms with Crippen LogP contribution in [0.4, 0.5) is 0 Å². The molecular weight excluding hydrogens is 304 g/mol. The number of thiazole rings is 1. The highest BCUT2D eigenvalue weighted by Crippen LogP contribution is 2.23. The van der Waals surface area contributed by atoms with Crippen molar-refractivity contribution in [3.05, 3.63) is 41.4 Å². The Morgan fingerprint density at radius 3 is 2.73 bits per heavy atom. The third kappa shape index (κ3) is 4.37. The lowest BCUT2D eigenvalue weighted by Gasteiger charge is -2.12. The van der Waals surface area contributed by atoms with Crippen LogP contribution in [-0.4, -0.2) is 41.7 Å². The van der Waals surface area contributed by atoms with Gasteiger partial charge in [-0.05, 0) is 0 Å². The molecule has 0 saturated heterocycles. The summed E-state index contributed by atoms with van der Waals surface area (Å²) < 4.78 is 4.77. The molecular formula is C15H16N2O4S. The largest absolute Gasteiger partial charge is 0.480 e. The maximum absolute atomic E-state index is 11.9. The van der Waals surface area contributed by atoms with Gasteiger partial charge in [-0.2, -0.15) is 0 Å². The number of carbonyl (C=O) groups excluding carboxylic acids is 1. The molecule has 0 radical (unpaired) electrons. The van der Waals surface area contributed by atoms with Crippen LogP contribution in [0.5, 0.6) is 0 Å². The number of rotatable bonds is 7. The fraction of sp³-hybridized carbons (Fsp3) is 0.267. The summed E-state index contributed by atoms with van der Waals surface area (Å²) in [5.74, 6) is -1.52. The Balaban J connectivity index is 1.98. The molecule has 1 atom stereocenters. The average Bonchev–Trinajstić information content (AvgIpc) is 2.96. The van der Waals surface area contributed by atoms with Gasteiger partial charge in [0.1, 0.15) is 5.01 Å². The van der Waals surface area contributed by atoms with E-state index in [2.05, 4.69) is 10.3 Å². The summed E-state index contributed by atoms with van der Waals surface area (Å²) in [5.41, 5.74) is 1.60. The predicted octanol–water partition coefficient (Wildman–Crippen LogP) is 1.57. The molecule has 0 bridgehead atoms. The molecule has 2 rings (SSSR count). The van der Waals surface area contributed by atoms with Crippen molar-refractivity contribution in [1.82, 2.24) is 10.3 Å². The van der Waals surface area contributed by atoms with Gasteiger partial charge in [0, 0.05) is 18.1 Å². The molecule has 1 aromatic carbocycles. The number of carboxylic acid groups (broad SMARTS) is 1. The first kappa shape index (κ1) is 16.1. The smallest absolute Gasteiger partial charge is 0.328 e. The van der Waals surface area contributed by atoms with E-state index in [1.54, 1.807) is 5.38 Å². The predicted molar refractivity (Wildman–Crippen MR) is 82.7 cm³/mol. The van der Waals surface area contributed by atoms with Gasteiger partial charge in [0.2, 0.25) is 5.91 Å². The van der Waals surface area contributed by atoms with Crippen LogP contribution in [0.1, 0.15) is 5.69 Å². The quantitative estimate of drug-likeness (QED) is 0.808. The molecule has 1 amide bonds. The van der Waals surface area contributed by atoms with Crippen molar-refractivity contribution < 1.29 is 19.4 Å². The summed E-state index contributed by atoms with van der Waals surface area (Å²) in [4.78, 5) is 27.2. The van der Waals surface area contributed by atoms with E-state index in [4.69, 9.17) is 9.84 Å². The fourth-order valence-corrected chi connectivity index (χ4v) is 2.68. The van der Waals surface area contributed by atoms with Crippen molar-refractivity contribution in [2.75, 3.05) is 13.7 Å². The van der Waals surface area contributed by atoms with Gasteiger partial charge in [0.15, 0.2) is 6.04 Å². The number of hydrogen-bond donors (Lipinski definition) is 2. The Kier molecular flexibility index (Phi) is 5.62. The van der Waals surface area contributed by atoms with Gasteiger partial charge < -0.3 is 15.2 Å². The minimum atomic E-state index is -1.13. The van der Waals surface area contributed by atoms with E-state index in [0.717, 1.165) is 10.6 Å². The minimum absolute atomic E-state index is 0.0385. The number of hydrogen-bond acceptors (Lipinski definition) is 5. The second-order valence-electron chi connectivity index (χ2n) is 4.60. The van der Waals surface area contributed by atoms with Crippen molar-refractivity contribution in [3.63, 3.8) is 0 Å². The van der Waals surface area contributed by atoms with Crippen LogP contribution in [0.3, 0.4) is 0 Å². The number of amides is 1. The number of nitrogens with zero attached hydrogens (tertiary/aromatic N) is 1. The Bertz CT molecular complexity index is 642. The van der Waals surface area contributed by atoms with Crippen LogP contribution in [-0.2, 0) is 20.7 Å². The van der Waals surface area contributed by atoms with Crippen molar-refractivity contribution in [1.29, 1.82) is 0 Å². The molecule has 2 aromatic rings. The number of benzene rings is 1. The van der Waals surface area contributed by atoms with Crippen LogP contribution in [0.25, 0.3) is 10.6 Å². The third-order valence-electron chi connectivity index (χ3n) is 2.88. The molecule has 0 aliphatic heterocycles. The first-order valence-electron chi connectivity index (χ1n) is 6.61. The Morgan fingerprint density at radius 2 is 2.09 bits per heavy atom. The van der Waals surface area contributed by atoms with E-state index in [9.17, 15) is 9.59 Å². The molecule has 0 spiro atoms. The maximum Gasteiger partial charge on any atom is 0.328 e. The number of methoxy groups -OCH3 is 1. The molecule has 2 N–H and O–H groups in total. The van der Waals surface area contributed by atoms with Crippen LogP contribution in [0, 0.1) is 0 Å². The summed E-state index contributed by atoms with van der Waals surface area (Å²) in [6, 6.07) is 8.61. The molecule has 1 aromatic heterocycles. The lowest BCUT2D eigenvalue weighted by Crippen LogP contribution is -2.44. The van der Waals surface area contributed by atoms with Gasteiger partial charge in [-0.25, -0.2) is 9.78 Å². The highest BCUT2D eigenvalue weighted by molar-refractivity contribution is 7.13. The molecule has 0 fully saturated rings. The number of nitrogens with one attached hydrogen (secondary N) is 1. The van der Waals surface area contributed by atoms with Crippen molar-refractivity contribution in [2.24, 2.45) is 0 Å². The number of carbonyl (C=O) groups is 2. The molecule has 116 valence electrons. The zero-order valence-corrected chi connectivity index (χ0v) is 12.8. The number of ether oxygens (including phenoxy) is 1. The first-order valence-corrected chi connectivity index (χ1v) is 7.49. The highest BCUT2D eigenvalue weighted by Gasteiger charge is 2.20. The lowest BCUT2D eigenvalue weighted by atomic mass is 10.2. The Morgan fingerprint density at radius 1 is 1.36 bits per heavy atom. The summed E-state index contributed by atoms with van der Waals surface area (Å²) in [5, 5.41) is 14.0. The van der Waals surface area contributed by atoms with Crippen molar-refractivity contribution in [2.45, 2.75) is 12.5 Å². The van der Waals surface area contributed by atoms with Crippen molar-refractivity contribution in [3.8, 4) is 10.6 Å². The lowest BCUT2D eigenvalue weighted by molar-refractivity contribution is -0.143. The summed E-state index contributed by atoms with van der Waals surface area (Å²) in [7, 11) is 1.38. The maximum atomic E-state index is 11.9. The van der Waals surface area contributed by atoms with Gasteiger partial charge in [-0.1, -0.05) is 30.3 Å². The Labute approximate surface area is 131 Å².